The molecule has 0 atom stereocenters. The molecule has 1 aromatic heterocycles. The lowest BCUT2D eigenvalue weighted by atomic mass is 10.1. The number of hydrogen-bond donors (Lipinski definition) is 2. The van der Waals surface area contributed by atoms with Crippen LogP contribution in [0.1, 0.15) is 16.8 Å². The van der Waals surface area contributed by atoms with E-state index >= 15 is 0 Å². The number of fused-ring (bicyclic) bond motifs is 1. The van der Waals surface area contributed by atoms with Gasteiger partial charge in [-0.1, -0.05) is 0 Å². The van der Waals surface area contributed by atoms with Crippen molar-refractivity contribution in [3.05, 3.63) is 60.4 Å². The van der Waals surface area contributed by atoms with Crippen LogP contribution in [0, 0.1) is 0 Å². The number of amides is 1. The topological polar surface area (TPSA) is 91.7 Å². The fourth-order valence-corrected chi connectivity index (χ4v) is 4.24. The van der Waals surface area contributed by atoms with Gasteiger partial charge in [-0.25, -0.2) is 0 Å². The van der Waals surface area contributed by atoms with Crippen molar-refractivity contribution in [1.29, 1.82) is 0 Å². The first kappa shape index (κ1) is 16.6. The minimum atomic E-state index is -3.50. The van der Waals surface area contributed by atoms with Gasteiger partial charge in [-0.15, -0.1) is 0 Å². The van der Waals surface area contributed by atoms with E-state index in [0.717, 1.165) is 17.4 Å². The molecule has 7 nitrogen and oxygen atoms in total. The van der Waals surface area contributed by atoms with E-state index in [0.29, 0.717) is 30.0 Å². The lowest BCUT2D eigenvalue weighted by molar-refractivity contribution is 0.102. The average molecular weight is 371 g/mol. The zero-order valence-corrected chi connectivity index (χ0v) is 14.6. The predicted molar refractivity (Wildman–Crippen MR) is 99.5 cm³/mol. The molecule has 8 heteroatoms. The minimum Gasteiger partial charge on any atom is -0.464 e. The molecule has 1 amide bonds. The molecular formula is C18H17N3O4S. The molecule has 1 aliphatic rings. The van der Waals surface area contributed by atoms with Crippen LogP contribution in [0.25, 0.3) is 11.0 Å². The van der Waals surface area contributed by atoms with E-state index in [1.807, 2.05) is 12.1 Å². The minimum absolute atomic E-state index is 0.265. The van der Waals surface area contributed by atoms with E-state index < -0.39 is 10.2 Å². The summed E-state index contributed by atoms with van der Waals surface area (Å²) in [6, 6.07) is 13.7. The maximum atomic E-state index is 12.4. The molecule has 1 saturated heterocycles. The predicted octanol–water partition coefficient (Wildman–Crippen LogP) is 2.73. The molecule has 4 rings (SSSR count). The van der Waals surface area contributed by atoms with Crippen molar-refractivity contribution in [3.8, 4) is 0 Å². The Morgan fingerprint density at radius 1 is 1.12 bits per heavy atom. The van der Waals surface area contributed by atoms with Crippen LogP contribution in [0.3, 0.4) is 0 Å². The third kappa shape index (κ3) is 3.16. The fourth-order valence-electron chi connectivity index (χ4n) is 2.92. The summed E-state index contributed by atoms with van der Waals surface area (Å²) in [7, 11) is -3.50. The van der Waals surface area contributed by atoms with Gasteiger partial charge in [-0.05, 0) is 55.0 Å². The number of rotatable bonds is 3. The quantitative estimate of drug-likeness (QED) is 0.740. The highest BCUT2D eigenvalue weighted by atomic mass is 32.2. The molecule has 2 heterocycles. The van der Waals surface area contributed by atoms with Gasteiger partial charge in [0.15, 0.2) is 0 Å². The highest BCUT2D eigenvalue weighted by Gasteiger charge is 2.25. The molecule has 26 heavy (non-hydrogen) atoms. The molecule has 0 aliphatic carbocycles. The van der Waals surface area contributed by atoms with Crippen molar-refractivity contribution >= 4 is 38.5 Å². The molecule has 0 unspecified atom stereocenters. The molecule has 1 aliphatic heterocycles. The number of anilines is 2. The molecule has 0 radical (unpaired) electrons. The van der Waals surface area contributed by atoms with Crippen molar-refractivity contribution in [2.75, 3.05) is 22.7 Å². The van der Waals surface area contributed by atoms with E-state index in [-0.39, 0.29) is 5.91 Å². The van der Waals surface area contributed by atoms with Crippen molar-refractivity contribution in [2.24, 2.45) is 0 Å². The third-order valence-electron chi connectivity index (χ3n) is 4.24. The molecule has 2 aromatic carbocycles. The van der Waals surface area contributed by atoms with Gasteiger partial charge in [0.2, 0.25) is 0 Å². The number of nitrogens with one attached hydrogen (secondary N) is 2. The van der Waals surface area contributed by atoms with E-state index in [4.69, 9.17) is 4.42 Å². The van der Waals surface area contributed by atoms with Crippen LogP contribution in [-0.4, -0.2) is 27.4 Å². The Hall–Kier alpha value is -2.84. The summed E-state index contributed by atoms with van der Waals surface area (Å²) in [4.78, 5) is 12.4. The maximum Gasteiger partial charge on any atom is 0.301 e. The molecule has 3 aromatic rings. The second-order valence-corrected chi connectivity index (χ2v) is 7.68. The lowest BCUT2D eigenvalue weighted by Crippen LogP contribution is -2.47. The summed E-state index contributed by atoms with van der Waals surface area (Å²) in [5.74, 6) is -0.265. The van der Waals surface area contributed by atoms with Gasteiger partial charge in [0.1, 0.15) is 5.58 Å². The first-order chi connectivity index (χ1) is 12.5. The van der Waals surface area contributed by atoms with Crippen LogP contribution in [0.15, 0.2) is 59.2 Å². The molecule has 0 saturated carbocycles. The summed E-state index contributed by atoms with van der Waals surface area (Å²) in [5.41, 5.74) is 2.40. The SMILES string of the molecule is O=C(Nc1ccc2occc2c1)c1ccc(N2CCCNS2(=O)=O)cc1. The van der Waals surface area contributed by atoms with Crippen molar-refractivity contribution in [1.82, 2.24) is 4.72 Å². The number of carbonyl (C=O) groups excluding carboxylic acids is 1. The molecular weight excluding hydrogens is 354 g/mol. The summed E-state index contributed by atoms with van der Waals surface area (Å²) in [6.07, 6.45) is 2.33. The maximum absolute atomic E-state index is 12.4. The van der Waals surface area contributed by atoms with Gasteiger partial charge < -0.3 is 9.73 Å². The van der Waals surface area contributed by atoms with Crippen LogP contribution in [-0.2, 0) is 10.2 Å². The Morgan fingerprint density at radius 3 is 2.69 bits per heavy atom. The normalized spacial score (nSPS) is 16.5. The highest BCUT2D eigenvalue weighted by Crippen LogP contribution is 2.22. The van der Waals surface area contributed by atoms with E-state index in [1.54, 1.807) is 42.7 Å². The number of hydrogen-bond acceptors (Lipinski definition) is 4. The Morgan fingerprint density at radius 2 is 1.92 bits per heavy atom. The first-order valence-corrected chi connectivity index (χ1v) is 9.63. The summed E-state index contributed by atoms with van der Waals surface area (Å²) in [5, 5.41) is 3.73. The van der Waals surface area contributed by atoms with Crippen LogP contribution in [0.5, 0.6) is 0 Å². The number of furan rings is 1. The summed E-state index contributed by atoms with van der Waals surface area (Å²) in [6.45, 7) is 0.867. The zero-order valence-electron chi connectivity index (χ0n) is 13.8. The smallest absolute Gasteiger partial charge is 0.301 e. The van der Waals surface area contributed by atoms with Gasteiger partial charge in [0.05, 0.1) is 12.0 Å². The Labute approximate surface area is 150 Å². The van der Waals surface area contributed by atoms with Gasteiger partial charge in [-0.2, -0.15) is 13.1 Å². The van der Waals surface area contributed by atoms with Crippen molar-refractivity contribution < 1.29 is 17.6 Å². The summed E-state index contributed by atoms with van der Waals surface area (Å²) >= 11 is 0. The molecule has 2 N–H and O–H groups in total. The van der Waals surface area contributed by atoms with Gasteiger partial charge >= 0.3 is 10.2 Å². The molecule has 1 fully saturated rings. The molecule has 134 valence electrons. The lowest BCUT2D eigenvalue weighted by Gasteiger charge is -2.28. The van der Waals surface area contributed by atoms with Gasteiger partial charge in [0.25, 0.3) is 5.91 Å². The largest absolute Gasteiger partial charge is 0.464 e. The Balaban J connectivity index is 1.51. The highest BCUT2D eigenvalue weighted by molar-refractivity contribution is 7.90. The van der Waals surface area contributed by atoms with E-state index in [2.05, 4.69) is 10.0 Å². The number of nitrogens with zero attached hydrogens (tertiary/aromatic N) is 1. The van der Waals surface area contributed by atoms with Crippen LogP contribution < -0.4 is 14.3 Å². The van der Waals surface area contributed by atoms with Gasteiger partial charge in [-0.3, -0.25) is 9.10 Å². The fraction of sp³-hybridized carbons (Fsp3) is 0.167. The molecule has 0 bridgehead atoms. The van der Waals surface area contributed by atoms with Crippen molar-refractivity contribution in [2.45, 2.75) is 6.42 Å². The second-order valence-electron chi connectivity index (χ2n) is 6.00. The number of benzene rings is 2. The average Bonchev–Trinajstić information content (AvgIpc) is 3.09. The Kier molecular flexibility index (Phi) is 4.14. The van der Waals surface area contributed by atoms with Gasteiger partial charge in [0, 0.05) is 29.7 Å². The van der Waals surface area contributed by atoms with Crippen LogP contribution in [0.4, 0.5) is 11.4 Å². The monoisotopic (exact) mass is 371 g/mol. The van der Waals surface area contributed by atoms with Crippen LogP contribution in [0.2, 0.25) is 0 Å². The number of carbonyl (C=O) groups is 1. The first-order valence-electron chi connectivity index (χ1n) is 8.19. The summed E-state index contributed by atoms with van der Waals surface area (Å²) < 4.78 is 33.2. The molecule has 0 spiro atoms. The zero-order chi connectivity index (χ0) is 18.1. The standard InChI is InChI=1S/C18H17N3O4S/c22-18(20-15-4-7-17-14(12-15)8-11-25-17)13-2-5-16(6-3-13)21-10-1-9-19-26(21,23)24/h2-8,11-12,19H,1,9-10H2,(H,20,22). The van der Waals surface area contributed by atoms with Crippen LogP contribution >= 0.6 is 0 Å². The Bertz CT molecular complexity index is 1060. The van der Waals surface area contributed by atoms with E-state index in [9.17, 15) is 13.2 Å². The third-order valence-corrected chi connectivity index (χ3v) is 5.78. The van der Waals surface area contributed by atoms with Crippen molar-refractivity contribution in [3.63, 3.8) is 0 Å². The van der Waals surface area contributed by atoms with E-state index in [1.165, 1.54) is 4.31 Å². The second kappa shape index (κ2) is 6.47.